The Morgan fingerprint density at radius 1 is 1.21 bits per heavy atom. The van der Waals surface area contributed by atoms with Crippen LogP contribution in [-0.4, -0.2) is 23.4 Å². The van der Waals surface area contributed by atoms with Crippen molar-refractivity contribution in [1.29, 1.82) is 0 Å². The molecule has 2 rings (SSSR count). The number of carbonyl (C=O) groups excluding carboxylic acids is 2. The first kappa shape index (κ1) is 17.9. The van der Waals surface area contributed by atoms with Gasteiger partial charge in [-0.2, -0.15) is 0 Å². The molecule has 0 heterocycles. The number of hydrogen-bond acceptors (Lipinski definition) is 5. The van der Waals surface area contributed by atoms with Crippen LogP contribution in [0.15, 0.2) is 24.3 Å². The number of esters is 1. The molecule has 1 aliphatic carbocycles. The molecule has 1 N–H and O–H groups in total. The summed E-state index contributed by atoms with van der Waals surface area (Å²) in [6.07, 6.45) is 7.13. The minimum absolute atomic E-state index is 0.0887. The Hall–Kier alpha value is -2.44. The molecule has 1 amide bonds. The second-order valence-electron chi connectivity index (χ2n) is 6.03. The van der Waals surface area contributed by atoms with Crippen molar-refractivity contribution in [2.75, 3.05) is 11.9 Å². The third-order valence-electron chi connectivity index (χ3n) is 4.22. The number of hydrogen-bond donors (Lipinski definition) is 1. The molecule has 0 bridgehead atoms. The normalized spacial score (nSPS) is 14.8. The van der Waals surface area contributed by atoms with E-state index in [0.29, 0.717) is 12.3 Å². The van der Waals surface area contributed by atoms with Crippen LogP contribution in [-0.2, 0) is 14.3 Å². The van der Waals surface area contributed by atoms with E-state index in [1.807, 2.05) is 0 Å². The molecule has 1 aromatic rings. The van der Waals surface area contributed by atoms with E-state index in [2.05, 4.69) is 5.32 Å². The summed E-state index contributed by atoms with van der Waals surface area (Å²) in [5, 5.41) is 13.3. The predicted molar refractivity (Wildman–Crippen MR) is 88.5 cm³/mol. The van der Waals surface area contributed by atoms with Gasteiger partial charge in [-0.15, -0.1) is 0 Å². The lowest BCUT2D eigenvalue weighted by Gasteiger charge is -2.20. The second kappa shape index (κ2) is 9.00. The lowest BCUT2D eigenvalue weighted by molar-refractivity contribution is -0.383. The Balaban J connectivity index is 1.72. The van der Waals surface area contributed by atoms with Gasteiger partial charge in [-0.3, -0.25) is 19.7 Å². The van der Waals surface area contributed by atoms with Crippen LogP contribution in [0.5, 0.6) is 0 Å². The van der Waals surface area contributed by atoms with E-state index < -0.39 is 23.4 Å². The molecule has 7 heteroatoms. The van der Waals surface area contributed by atoms with E-state index in [4.69, 9.17) is 4.74 Å². The maximum Gasteiger partial charge on any atom is 0.306 e. The molecular formula is C17H22N2O5. The van der Waals surface area contributed by atoms with Crippen molar-refractivity contribution >= 4 is 23.3 Å². The van der Waals surface area contributed by atoms with Crippen molar-refractivity contribution in [2.45, 2.75) is 44.9 Å². The van der Waals surface area contributed by atoms with Crippen molar-refractivity contribution < 1.29 is 19.2 Å². The fourth-order valence-electron chi connectivity index (χ4n) is 2.94. The van der Waals surface area contributed by atoms with Gasteiger partial charge in [0.25, 0.3) is 11.6 Å². The van der Waals surface area contributed by atoms with Crippen LogP contribution >= 0.6 is 0 Å². The lowest BCUT2D eigenvalue weighted by atomic mass is 9.86. The summed E-state index contributed by atoms with van der Waals surface area (Å²) < 4.78 is 4.95. The third kappa shape index (κ3) is 5.64. The molecule has 0 radical (unpaired) electrons. The zero-order valence-corrected chi connectivity index (χ0v) is 13.5. The number of rotatable bonds is 7. The maximum absolute atomic E-state index is 11.8. The van der Waals surface area contributed by atoms with Gasteiger partial charge in [-0.1, -0.05) is 44.2 Å². The van der Waals surface area contributed by atoms with Gasteiger partial charge in [0.1, 0.15) is 5.69 Å². The Bertz CT molecular complexity index is 596. The molecule has 1 aromatic carbocycles. The van der Waals surface area contributed by atoms with Gasteiger partial charge in [-0.25, -0.2) is 0 Å². The van der Waals surface area contributed by atoms with Crippen LogP contribution < -0.4 is 5.32 Å². The zero-order chi connectivity index (χ0) is 17.4. The molecular weight excluding hydrogens is 312 g/mol. The summed E-state index contributed by atoms with van der Waals surface area (Å²) in [6.45, 7) is -0.435. The molecule has 0 atom stereocenters. The number of ether oxygens (including phenoxy) is 1. The molecule has 0 saturated heterocycles. The molecule has 0 spiro atoms. The van der Waals surface area contributed by atoms with Gasteiger partial charge in [0.2, 0.25) is 0 Å². The predicted octanol–water partition coefficient (Wildman–Crippen LogP) is 3.44. The summed E-state index contributed by atoms with van der Waals surface area (Å²) in [6, 6.07) is 5.82. The van der Waals surface area contributed by atoms with Crippen LogP contribution in [0, 0.1) is 16.0 Å². The number of nitro groups is 1. The smallest absolute Gasteiger partial charge is 0.306 e. The summed E-state index contributed by atoms with van der Waals surface area (Å²) in [5.41, 5.74) is -0.111. The quantitative estimate of drug-likeness (QED) is 0.468. The SMILES string of the molecule is O=C(COC(=O)CCC1CCCCC1)Nc1ccccc1[N+](=O)[O-]. The lowest BCUT2D eigenvalue weighted by Crippen LogP contribution is -2.21. The van der Waals surface area contributed by atoms with Crippen LogP contribution in [0.4, 0.5) is 11.4 Å². The summed E-state index contributed by atoms with van der Waals surface area (Å²) in [5.74, 6) is -0.416. The third-order valence-corrected chi connectivity index (χ3v) is 4.22. The van der Waals surface area contributed by atoms with Crippen LogP contribution in [0.1, 0.15) is 44.9 Å². The van der Waals surface area contributed by atoms with E-state index in [9.17, 15) is 19.7 Å². The summed E-state index contributed by atoms with van der Waals surface area (Å²) in [4.78, 5) is 33.8. The molecule has 1 fully saturated rings. The molecule has 7 nitrogen and oxygen atoms in total. The van der Waals surface area contributed by atoms with Crippen LogP contribution in [0.25, 0.3) is 0 Å². The molecule has 0 unspecified atom stereocenters. The van der Waals surface area contributed by atoms with Gasteiger partial charge in [0, 0.05) is 12.5 Å². The highest BCUT2D eigenvalue weighted by Gasteiger charge is 2.17. The molecule has 1 saturated carbocycles. The summed E-state index contributed by atoms with van der Waals surface area (Å²) >= 11 is 0. The number of nitrogens with one attached hydrogen (secondary N) is 1. The molecule has 130 valence electrons. The average molecular weight is 334 g/mol. The first-order valence-corrected chi connectivity index (χ1v) is 8.25. The first-order chi connectivity index (χ1) is 11.6. The Labute approximate surface area is 140 Å². The standard InChI is InChI=1S/C17H22N2O5/c20-16(18-14-8-4-5-9-15(14)19(22)23)12-24-17(21)11-10-13-6-2-1-3-7-13/h4-5,8-9,13H,1-3,6-7,10-12H2,(H,18,20). The number of para-hydroxylation sites is 2. The van der Waals surface area contributed by atoms with Crippen molar-refractivity contribution in [3.63, 3.8) is 0 Å². The fraction of sp³-hybridized carbons (Fsp3) is 0.529. The van der Waals surface area contributed by atoms with E-state index in [1.54, 1.807) is 6.07 Å². The van der Waals surface area contributed by atoms with Crippen molar-refractivity contribution in [3.8, 4) is 0 Å². The Morgan fingerprint density at radius 3 is 2.62 bits per heavy atom. The topological polar surface area (TPSA) is 98.5 Å². The van der Waals surface area contributed by atoms with E-state index in [-0.39, 0.29) is 11.4 Å². The minimum Gasteiger partial charge on any atom is -0.456 e. The highest BCUT2D eigenvalue weighted by Crippen LogP contribution is 2.27. The second-order valence-corrected chi connectivity index (χ2v) is 6.03. The highest BCUT2D eigenvalue weighted by molar-refractivity contribution is 5.94. The van der Waals surface area contributed by atoms with Crippen molar-refractivity contribution in [2.24, 2.45) is 5.92 Å². The molecule has 0 aromatic heterocycles. The molecule has 1 aliphatic rings. The van der Waals surface area contributed by atoms with Crippen LogP contribution in [0.2, 0.25) is 0 Å². The monoisotopic (exact) mass is 334 g/mol. The number of amides is 1. The minimum atomic E-state index is -0.588. The first-order valence-electron chi connectivity index (χ1n) is 8.25. The number of nitro benzene ring substituents is 1. The van der Waals surface area contributed by atoms with E-state index in [0.717, 1.165) is 19.3 Å². The van der Waals surface area contributed by atoms with Crippen molar-refractivity contribution in [1.82, 2.24) is 0 Å². The maximum atomic E-state index is 11.8. The zero-order valence-electron chi connectivity index (χ0n) is 13.5. The molecule has 0 aliphatic heterocycles. The summed E-state index contributed by atoms with van der Waals surface area (Å²) in [7, 11) is 0. The van der Waals surface area contributed by atoms with Gasteiger partial charge < -0.3 is 10.1 Å². The Morgan fingerprint density at radius 2 is 1.92 bits per heavy atom. The average Bonchev–Trinajstić information content (AvgIpc) is 2.59. The van der Waals surface area contributed by atoms with Crippen molar-refractivity contribution in [3.05, 3.63) is 34.4 Å². The molecule has 24 heavy (non-hydrogen) atoms. The fourth-order valence-corrected chi connectivity index (χ4v) is 2.94. The van der Waals surface area contributed by atoms with Gasteiger partial charge in [-0.05, 0) is 18.4 Å². The van der Waals surface area contributed by atoms with E-state index in [1.165, 1.54) is 37.5 Å². The highest BCUT2D eigenvalue weighted by atomic mass is 16.6. The Kier molecular flexibility index (Phi) is 6.72. The van der Waals surface area contributed by atoms with E-state index >= 15 is 0 Å². The number of nitrogens with zero attached hydrogens (tertiary/aromatic N) is 1. The van der Waals surface area contributed by atoms with Gasteiger partial charge in [0.15, 0.2) is 6.61 Å². The number of benzene rings is 1. The van der Waals surface area contributed by atoms with Crippen LogP contribution in [0.3, 0.4) is 0 Å². The number of anilines is 1. The van der Waals surface area contributed by atoms with Gasteiger partial charge >= 0.3 is 5.97 Å². The number of carbonyl (C=O) groups is 2. The van der Waals surface area contributed by atoms with Gasteiger partial charge in [0.05, 0.1) is 4.92 Å². The largest absolute Gasteiger partial charge is 0.456 e.